The van der Waals surface area contributed by atoms with Crippen LogP contribution in [0.25, 0.3) is 0 Å². The van der Waals surface area contributed by atoms with Crippen LogP contribution in [0.4, 0.5) is 11.4 Å². The molecule has 0 aliphatic carbocycles. The van der Waals surface area contributed by atoms with Gasteiger partial charge in [0.2, 0.25) is 5.91 Å². The number of aryl methyl sites for hydroxylation is 1. The minimum absolute atomic E-state index is 0.0458. The van der Waals surface area contributed by atoms with Gasteiger partial charge in [-0.05, 0) is 61.4 Å². The molecule has 0 fully saturated rings. The number of para-hydroxylation sites is 1. The predicted octanol–water partition coefficient (Wildman–Crippen LogP) is 6.30. The van der Waals surface area contributed by atoms with Crippen molar-refractivity contribution in [1.29, 1.82) is 0 Å². The van der Waals surface area contributed by atoms with E-state index in [4.69, 9.17) is 40.0 Å². The van der Waals surface area contributed by atoms with Gasteiger partial charge in [-0.1, -0.05) is 37.6 Å². The Morgan fingerprint density at radius 1 is 0.941 bits per heavy atom. The summed E-state index contributed by atoms with van der Waals surface area (Å²) in [5.74, 6) is -0.356. The summed E-state index contributed by atoms with van der Waals surface area (Å²) in [7, 11) is 4.55. The summed E-state index contributed by atoms with van der Waals surface area (Å²) in [5, 5.41) is 3.28. The first-order chi connectivity index (χ1) is 24.3. The number of methoxy groups -OCH3 is 3. The van der Waals surface area contributed by atoms with E-state index in [1.54, 1.807) is 66.4 Å². The molecule has 0 radical (unpaired) electrons. The number of rotatable bonds is 15. The molecular weight excluding hydrogens is 680 g/mol. The van der Waals surface area contributed by atoms with Crippen LogP contribution in [0, 0.1) is 5.41 Å². The van der Waals surface area contributed by atoms with Crippen LogP contribution < -0.4 is 24.4 Å². The minimum atomic E-state index is -1.27. The van der Waals surface area contributed by atoms with E-state index in [9.17, 15) is 19.2 Å². The summed E-state index contributed by atoms with van der Waals surface area (Å²) in [6, 6.07) is 15.5. The van der Waals surface area contributed by atoms with Crippen molar-refractivity contribution in [1.82, 2.24) is 0 Å². The fourth-order valence-electron chi connectivity index (χ4n) is 5.90. The van der Waals surface area contributed by atoms with Gasteiger partial charge in [0.15, 0.2) is 11.5 Å². The average molecular weight is 725 g/mol. The third kappa shape index (κ3) is 9.92. The van der Waals surface area contributed by atoms with Gasteiger partial charge >= 0.3 is 11.9 Å². The number of nitrogens with zero attached hydrogens (tertiary/aromatic N) is 1. The van der Waals surface area contributed by atoms with Crippen molar-refractivity contribution in [3.05, 3.63) is 76.3 Å². The number of esters is 2. The predicted molar refractivity (Wildman–Crippen MR) is 192 cm³/mol. The quantitative estimate of drug-likeness (QED) is 0.178. The van der Waals surface area contributed by atoms with Gasteiger partial charge in [-0.15, -0.1) is 0 Å². The number of hydrogen-bond donors (Lipinski definition) is 1. The molecule has 3 aromatic rings. The van der Waals surface area contributed by atoms with E-state index in [2.05, 4.69) is 5.32 Å². The number of carbonyl (C=O) groups excluding carboxylic acids is 4. The largest absolute Gasteiger partial charge is 0.496 e. The van der Waals surface area contributed by atoms with E-state index in [1.807, 2.05) is 13.8 Å². The van der Waals surface area contributed by atoms with E-state index in [-0.39, 0.29) is 38.6 Å². The maximum absolute atomic E-state index is 14.6. The molecule has 1 N–H and O–H groups in total. The fourth-order valence-corrected chi connectivity index (χ4v) is 6.08. The highest BCUT2D eigenvalue weighted by atomic mass is 35.5. The molecule has 51 heavy (non-hydrogen) atoms. The number of benzene rings is 3. The summed E-state index contributed by atoms with van der Waals surface area (Å²) in [6.07, 6.45) is -2.08. The lowest BCUT2D eigenvalue weighted by Gasteiger charge is -2.33. The van der Waals surface area contributed by atoms with Crippen molar-refractivity contribution >= 4 is 46.7 Å². The fraction of sp³-hybridized carbons (Fsp3) is 0.421. The maximum Gasteiger partial charge on any atom is 0.306 e. The highest BCUT2D eigenvalue weighted by Crippen LogP contribution is 2.45. The number of halogens is 1. The second-order valence-corrected chi connectivity index (χ2v) is 13.2. The molecule has 1 aliphatic heterocycles. The number of nitrogens with one attached hydrogen (secondary N) is 1. The van der Waals surface area contributed by atoms with Gasteiger partial charge < -0.3 is 38.6 Å². The van der Waals surface area contributed by atoms with E-state index < -0.39 is 35.4 Å². The molecule has 3 aromatic carbocycles. The Hall–Kier alpha value is -4.81. The van der Waals surface area contributed by atoms with Crippen LogP contribution >= 0.6 is 11.6 Å². The van der Waals surface area contributed by atoms with Gasteiger partial charge in [-0.25, -0.2) is 0 Å². The van der Waals surface area contributed by atoms with Crippen molar-refractivity contribution < 1.29 is 47.6 Å². The van der Waals surface area contributed by atoms with E-state index in [0.29, 0.717) is 56.8 Å². The van der Waals surface area contributed by atoms with Crippen molar-refractivity contribution in [2.45, 2.75) is 59.2 Å². The van der Waals surface area contributed by atoms with Crippen LogP contribution in [0.3, 0.4) is 0 Å². The Morgan fingerprint density at radius 3 is 2.35 bits per heavy atom. The second-order valence-electron chi connectivity index (χ2n) is 12.7. The molecule has 12 nitrogen and oxygen atoms in total. The lowest BCUT2D eigenvalue weighted by molar-refractivity contribution is -0.144. The molecule has 2 atom stereocenters. The standard InChI is InChI=1S/C38H45ClN2O10/c1-8-49-34(44)17-12-24-18-26(14-16-30(24)46-5)40-33(43)20-32-37(45)41(21-38(3,4)22-50-23(2)42)29-15-13-25(39)19-28(29)35(51-32)27-10-9-11-31(47-6)36(27)48-7/h9-11,13-16,18-19,32,35H,8,12,17,20-22H2,1-7H3,(H,40,43)/t32-,35-/m1/s1. The maximum atomic E-state index is 14.6. The number of carbonyl (C=O) groups is 4. The molecule has 274 valence electrons. The average Bonchev–Trinajstić information content (AvgIpc) is 3.19. The van der Waals surface area contributed by atoms with Crippen molar-refractivity contribution in [2.24, 2.45) is 5.41 Å². The van der Waals surface area contributed by atoms with Gasteiger partial charge in [0, 0.05) is 52.8 Å². The Morgan fingerprint density at radius 2 is 1.69 bits per heavy atom. The number of anilines is 2. The van der Waals surface area contributed by atoms with Crippen molar-refractivity contribution in [3.63, 3.8) is 0 Å². The molecule has 13 heteroatoms. The summed E-state index contributed by atoms with van der Waals surface area (Å²) in [4.78, 5) is 53.5. The number of fused-ring (bicyclic) bond motifs is 1. The minimum Gasteiger partial charge on any atom is -0.496 e. The molecule has 0 unspecified atom stereocenters. The summed E-state index contributed by atoms with van der Waals surface area (Å²) >= 11 is 6.55. The molecule has 0 saturated carbocycles. The van der Waals surface area contributed by atoms with E-state index in [0.717, 1.165) is 0 Å². The van der Waals surface area contributed by atoms with Gasteiger partial charge in [0.25, 0.3) is 5.91 Å². The normalized spacial score (nSPS) is 15.7. The second kappa shape index (κ2) is 17.4. The van der Waals surface area contributed by atoms with Crippen LogP contribution in [0.2, 0.25) is 5.02 Å². The molecule has 0 aromatic heterocycles. The van der Waals surface area contributed by atoms with Crippen LogP contribution in [-0.4, -0.2) is 70.9 Å². The SMILES string of the molecule is CCOC(=O)CCc1cc(NC(=O)C[C@H]2O[C@H](c3cccc(OC)c3OC)c3cc(Cl)ccc3N(CC(C)(C)COC(C)=O)C2=O)ccc1OC. The summed E-state index contributed by atoms with van der Waals surface area (Å²) in [6.45, 7) is 7.26. The molecule has 1 heterocycles. The zero-order chi connectivity index (χ0) is 37.3. The summed E-state index contributed by atoms with van der Waals surface area (Å²) in [5.41, 5.74) is 2.09. The molecule has 1 aliphatic rings. The number of ether oxygens (including phenoxy) is 6. The highest BCUT2D eigenvalue weighted by Gasteiger charge is 2.41. The van der Waals surface area contributed by atoms with Crippen LogP contribution in [0.1, 0.15) is 63.3 Å². The van der Waals surface area contributed by atoms with Crippen LogP contribution in [0.15, 0.2) is 54.6 Å². The zero-order valence-electron chi connectivity index (χ0n) is 30.0. The van der Waals surface area contributed by atoms with Crippen molar-refractivity contribution in [2.75, 3.05) is 51.3 Å². The molecule has 4 rings (SSSR count). The highest BCUT2D eigenvalue weighted by molar-refractivity contribution is 6.30. The lowest BCUT2D eigenvalue weighted by atomic mass is 9.92. The first kappa shape index (κ1) is 39.0. The number of amides is 2. The van der Waals surface area contributed by atoms with E-state index in [1.165, 1.54) is 28.3 Å². The van der Waals surface area contributed by atoms with Crippen LogP contribution in [0.5, 0.6) is 17.2 Å². The Bertz CT molecular complexity index is 1740. The smallest absolute Gasteiger partial charge is 0.306 e. The Kier molecular flexibility index (Phi) is 13.3. The monoisotopic (exact) mass is 724 g/mol. The lowest BCUT2D eigenvalue weighted by Crippen LogP contribution is -2.46. The molecule has 0 saturated heterocycles. The third-order valence-corrected chi connectivity index (χ3v) is 8.45. The first-order valence-electron chi connectivity index (χ1n) is 16.5. The van der Waals surface area contributed by atoms with Gasteiger partial charge in [-0.2, -0.15) is 0 Å². The Labute approximate surface area is 303 Å². The van der Waals surface area contributed by atoms with Gasteiger partial charge in [-0.3, -0.25) is 19.2 Å². The zero-order valence-corrected chi connectivity index (χ0v) is 30.8. The molecule has 0 spiro atoms. The van der Waals surface area contributed by atoms with Crippen LogP contribution in [-0.2, 0) is 39.8 Å². The molecule has 0 bridgehead atoms. The molecular formula is C38H45ClN2O10. The topological polar surface area (TPSA) is 139 Å². The van der Waals surface area contributed by atoms with Gasteiger partial charge in [0.05, 0.1) is 41.0 Å². The van der Waals surface area contributed by atoms with Crippen molar-refractivity contribution in [3.8, 4) is 17.2 Å². The van der Waals surface area contributed by atoms with E-state index >= 15 is 0 Å². The van der Waals surface area contributed by atoms with Gasteiger partial charge in [0.1, 0.15) is 18.0 Å². The molecule has 2 amide bonds. The number of hydrogen-bond acceptors (Lipinski definition) is 10. The summed E-state index contributed by atoms with van der Waals surface area (Å²) < 4.78 is 33.8. The third-order valence-electron chi connectivity index (χ3n) is 8.21. The first-order valence-corrected chi connectivity index (χ1v) is 16.9. The Balaban J connectivity index is 1.73.